The highest BCUT2D eigenvalue weighted by Gasteiger charge is 2.05. The largest absolute Gasteiger partial charge is 0.298 e. The van der Waals surface area contributed by atoms with Crippen molar-refractivity contribution in [3.8, 4) is 12.3 Å². The second-order valence-electron chi connectivity index (χ2n) is 2.66. The van der Waals surface area contributed by atoms with Gasteiger partial charge in [0.15, 0.2) is 5.15 Å². The molecule has 14 heavy (non-hydrogen) atoms. The number of aromatic nitrogens is 2. The average molecular weight is 276 g/mol. The number of terminal acetylenes is 1. The second kappa shape index (κ2) is 5.18. The van der Waals surface area contributed by atoms with Crippen LogP contribution in [0.15, 0.2) is 15.6 Å². The van der Waals surface area contributed by atoms with Crippen molar-refractivity contribution in [1.29, 1.82) is 0 Å². The lowest BCUT2D eigenvalue weighted by molar-refractivity contribution is 0.619. The number of aryl methyl sites for hydroxylation is 1. The van der Waals surface area contributed by atoms with Crippen molar-refractivity contribution in [3.05, 3.63) is 26.3 Å². The maximum absolute atomic E-state index is 11.5. The fourth-order valence-corrected chi connectivity index (χ4v) is 1.41. The minimum Gasteiger partial charge on any atom is -0.298 e. The Balaban J connectivity index is 2.85. The smallest absolute Gasteiger partial charge is 0.269 e. The van der Waals surface area contributed by atoms with E-state index in [9.17, 15) is 4.79 Å². The van der Waals surface area contributed by atoms with Gasteiger partial charge in [-0.25, -0.2) is 4.98 Å². The Labute approximate surface area is 95.2 Å². The second-order valence-corrected chi connectivity index (χ2v) is 3.81. The van der Waals surface area contributed by atoms with Crippen molar-refractivity contribution in [2.45, 2.75) is 19.4 Å². The molecule has 1 heterocycles. The summed E-state index contributed by atoms with van der Waals surface area (Å²) < 4.78 is 1.77. The highest BCUT2D eigenvalue weighted by molar-refractivity contribution is 9.10. The van der Waals surface area contributed by atoms with Crippen LogP contribution in [0.1, 0.15) is 12.8 Å². The molecule has 0 amide bonds. The predicted molar refractivity (Wildman–Crippen MR) is 59.3 cm³/mol. The van der Waals surface area contributed by atoms with E-state index in [1.807, 2.05) is 0 Å². The first-order valence-electron chi connectivity index (χ1n) is 4.00. The molecule has 1 aromatic heterocycles. The van der Waals surface area contributed by atoms with E-state index in [1.54, 1.807) is 0 Å². The summed E-state index contributed by atoms with van der Waals surface area (Å²) in [5.41, 5.74) is -0.179. The van der Waals surface area contributed by atoms with Gasteiger partial charge in [-0.3, -0.25) is 9.36 Å². The third kappa shape index (κ3) is 2.60. The first kappa shape index (κ1) is 11.3. The van der Waals surface area contributed by atoms with Crippen LogP contribution in [0.25, 0.3) is 0 Å². The van der Waals surface area contributed by atoms with Crippen LogP contribution in [0.2, 0.25) is 5.15 Å². The molecule has 0 bridgehead atoms. The van der Waals surface area contributed by atoms with Gasteiger partial charge < -0.3 is 0 Å². The number of halogens is 2. The van der Waals surface area contributed by atoms with E-state index in [0.717, 1.165) is 6.42 Å². The zero-order valence-corrected chi connectivity index (χ0v) is 9.68. The molecule has 1 rings (SSSR count). The van der Waals surface area contributed by atoms with Gasteiger partial charge in [0.05, 0.1) is 6.33 Å². The lowest BCUT2D eigenvalue weighted by Crippen LogP contribution is -2.21. The zero-order chi connectivity index (χ0) is 10.6. The van der Waals surface area contributed by atoms with Crippen LogP contribution < -0.4 is 5.56 Å². The molecule has 0 aromatic carbocycles. The van der Waals surface area contributed by atoms with Crippen LogP contribution >= 0.6 is 27.5 Å². The Morgan fingerprint density at radius 3 is 3.07 bits per heavy atom. The van der Waals surface area contributed by atoms with Crippen molar-refractivity contribution in [2.75, 3.05) is 0 Å². The molecule has 0 saturated carbocycles. The van der Waals surface area contributed by atoms with E-state index >= 15 is 0 Å². The Bertz CT molecular complexity index is 422. The van der Waals surface area contributed by atoms with Gasteiger partial charge in [-0.05, 0) is 22.4 Å². The van der Waals surface area contributed by atoms with E-state index in [1.165, 1.54) is 10.9 Å². The van der Waals surface area contributed by atoms with Crippen molar-refractivity contribution in [1.82, 2.24) is 9.55 Å². The summed E-state index contributed by atoms with van der Waals surface area (Å²) >= 11 is 8.71. The van der Waals surface area contributed by atoms with Gasteiger partial charge in [0.2, 0.25) is 0 Å². The van der Waals surface area contributed by atoms with E-state index < -0.39 is 0 Å². The van der Waals surface area contributed by atoms with E-state index in [4.69, 9.17) is 18.0 Å². The van der Waals surface area contributed by atoms with Gasteiger partial charge in [-0.1, -0.05) is 11.6 Å². The summed E-state index contributed by atoms with van der Waals surface area (Å²) in [5.74, 6) is 2.51. The first-order chi connectivity index (χ1) is 6.66. The molecule has 0 saturated heterocycles. The molecule has 0 unspecified atom stereocenters. The molecule has 0 fully saturated rings. The minimum atomic E-state index is -0.179. The Hall–Kier alpha value is -0.790. The molecule has 0 N–H and O–H groups in total. The molecule has 0 aliphatic carbocycles. The van der Waals surface area contributed by atoms with E-state index in [0.29, 0.717) is 17.4 Å². The van der Waals surface area contributed by atoms with Gasteiger partial charge >= 0.3 is 0 Å². The molecule has 74 valence electrons. The molecular formula is C9H8BrClN2O. The van der Waals surface area contributed by atoms with E-state index in [-0.39, 0.29) is 10.7 Å². The van der Waals surface area contributed by atoms with Crippen LogP contribution in [0.4, 0.5) is 0 Å². The molecule has 0 spiro atoms. The van der Waals surface area contributed by atoms with Gasteiger partial charge in [0.1, 0.15) is 4.47 Å². The molecule has 0 aliphatic rings. The predicted octanol–water partition coefficient (Wildman–Crippen LogP) is 2.07. The number of nitrogens with zero attached hydrogens (tertiary/aromatic N) is 2. The lowest BCUT2D eigenvalue weighted by atomic mass is 10.3. The third-order valence-electron chi connectivity index (χ3n) is 1.66. The van der Waals surface area contributed by atoms with Gasteiger partial charge in [0.25, 0.3) is 5.56 Å². The van der Waals surface area contributed by atoms with Crippen LogP contribution in [-0.4, -0.2) is 9.55 Å². The quantitative estimate of drug-likeness (QED) is 0.481. The molecule has 5 heteroatoms. The summed E-state index contributed by atoms with van der Waals surface area (Å²) in [5, 5.41) is 0.184. The fourth-order valence-electron chi connectivity index (χ4n) is 0.955. The fraction of sp³-hybridized carbons (Fsp3) is 0.333. The van der Waals surface area contributed by atoms with Crippen LogP contribution in [0, 0.1) is 12.3 Å². The Morgan fingerprint density at radius 2 is 2.43 bits per heavy atom. The maximum Gasteiger partial charge on any atom is 0.269 e. The maximum atomic E-state index is 11.5. The topological polar surface area (TPSA) is 34.9 Å². The highest BCUT2D eigenvalue weighted by Crippen LogP contribution is 2.13. The number of hydrogen-bond donors (Lipinski definition) is 0. The van der Waals surface area contributed by atoms with Crippen molar-refractivity contribution in [2.24, 2.45) is 0 Å². The summed E-state index contributed by atoms with van der Waals surface area (Å²) in [4.78, 5) is 15.4. The van der Waals surface area contributed by atoms with Crippen molar-refractivity contribution >= 4 is 27.5 Å². The minimum absolute atomic E-state index is 0.179. The van der Waals surface area contributed by atoms with Crippen LogP contribution in [-0.2, 0) is 6.54 Å². The molecule has 0 radical (unpaired) electrons. The Morgan fingerprint density at radius 1 is 1.71 bits per heavy atom. The normalized spacial score (nSPS) is 9.79. The zero-order valence-electron chi connectivity index (χ0n) is 7.33. The molecule has 3 nitrogen and oxygen atoms in total. The lowest BCUT2D eigenvalue weighted by Gasteiger charge is -2.04. The molecule has 1 aromatic rings. The Kier molecular flexibility index (Phi) is 4.18. The highest BCUT2D eigenvalue weighted by atomic mass is 79.9. The monoisotopic (exact) mass is 274 g/mol. The third-order valence-corrected chi connectivity index (χ3v) is 2.89. The molecular weight excluding hydrogens is 267 g/mol. The number of rotatable bonds is 3. The first-order valence-corrected chi connectivity index (χ1v) is 5.18. The molecule has 0 atom stereocenters. The number of unbranched alkanes of at least 4 members (excludes halogenated alkanes) is 1. The van der Waals surface area contributed by atoms with Gasteiger partial charge in [-0.15, -0.1) is 12.3 Å². The van der Waals surface area contributed by atoms with Crippen molar-refractivity contribution < 1.29 is 0 Å². The SMILES string of the molecule is C#CCCCn1cnc(Cl)c(Br)c1=O. The van der Waals surface area contributed by atoms with Crippen LogP contribution in [0.5, 0.6) is 0 Å². The summed E-state index contributed by atoms with van der Waals surface area (Å²) in [6, 6.07) is 0. The van der Waals surface area contributed by atoms with Gasteiger partial charge in [-0.2, -0.15) is 0 Å². The van der Waals surface area contributed by atoms with Gasteiger partial charge in [0, 0.05) is 13.0 Å². The molecule has 0 aliphatic heterocycles. The summed E-state index contributed by atoms with van der Waals surface area (Å²) in [6.45, 7) is 0.561. The van der Waals surface area contributed by atoms with E-state index in [2.05, 4.69) is 26.8 Å². The average Bonchev–Trinajstić information content (AvgIpc) is 2.18. The summed E-state index contributed by atoms with van der Waals surface area (Å²) in [7, 11) is 0. The van der Waals surface area contributed by atoms with Crippen molar-refractivity contribution in [3.63, 3.8) is 0 Å². The van der Waals surface area contributed by atoms with Crippen LogP contribution in [0.3, 0.4) is 0 Å². The standard InChI is InChI=1S/C9H8BrClN2O/c1-2-3-4-5-13-6-12-8(11)7(10)9(13)14/h1,6H,3-5H2. The summed E-state index contributed by atoms with van der Waals surface area (Å²) in [6.07, 6.45) is 7.93. The number of hydrogen-bond acceptors (Lipinski definition) is 2.